The summed E-state index contributed by atoms with van der Waals surface area (Å²) in [5.74, 6) is 0.410. The van der Waals surface area contributed by atoms with Gasteiger partial charge in [0, 0.05) is 31.2 Å². The van der Waals surface area contributed by atoms with Crippen molar-refractivity contribution < 1.29 is 4.79 Å². The number of nitrogens with one attached hydrogen (secondary N) is 1. The minimum atomic E-state index is -0.0411. The fourth-order valence-corrected chi connectivity index (χ4v) is 1.75. The zero-order chi connectivity index (χ0) is 13.7. The lowest BCUT2D eigenvalue weighted by atomic mass is 10.0. The van der Waals surface area contributed by atoms with E-state index in [4.69, 9.17) is 5.73 Å². The van der Waals surface area contributed by atoms with E-state index in [0.717, 1.165) is 5.69 Å². The molecule has 1 unspecified atom stereocenters. The molecule has 1 amide bonds. The molecule has 0 aliphatic carbocycles. The van der Waals surface area contributed by atoms with Crippen LogP contribution in [-0.4, -0.2) is 21.5 Å². The smallest absolute Gasteiger partial charge is 0.221 e. The molecule has 5 heteroatoms. The predicted molar refractivity (Wildman–Crippen MR) is 71.9 cm³/mol. The number of hydrogen-bond acceptors (Lipinski definition) is 3. The largest absolute Gasteiger partial charge is 0.354 e. The van der Waals surface area contributed by atoms with Gasteiger partial charge in [0.25, 0.3) is 0 Å². The Labute approximate surface area is 109 Å². The van der Waals surface area contributed by atoms with Crippen LogP contribution < -0.4 is 11.1 Å². The number of carbonyl (C=O) groups is 1. The Morgan fingerprint density at radius 3 is 2.67 bits per heavy atom. The van der Waals surface area contributed by atoms with Crippen molar-refractivity contribution in [1.82, 2.24) is 14.9 Å². The Bertz CT molecular complexity index is 384. The Morgan fingerprint density at radius 2 is 2.11 bits per heavy atom. The van der Waals surface area contributed by atoms with Gasteiger partial charge in [0.2, 0.25) is 5.91 Å². The molecule has 0 aliphatic heterocycles. The predicted octanol–water partition coefficient (Wildman–Crippen LogP) is 1.45. The van der Waals surface area contributed by atoms with Crippen molar-refractivity contribution in [3.05, 3.63) is 18.2 Å². The number of aromatic nitrogens is 2. The first kappa shape index (κ1) is 14.7. The van der Waals surface area contributed by atoms with Crippen molar-refractivity contribution in [2.24, 2.45) is 11.7 Å². The number of imidazole rings is 1. The topological polar surface area (TPSA) is 72.9 Å². The normalized spacial score (nSPS) is 13.1. The van der Waals surface area contributed by atoms with Crippen molar-refractivity contribution in [3.8, 4) is 0 Å². The molecule has 0 saturated heterocycles. The summed E-state index contributed by atoms with van der Waals surface area (Å²) < 4.78 is 1.96. The van der Waals surface area contributed by atoms with Crippen LogP contribution in [0.3, 0.4) is 0 Å². The molecule has 1 heterocycles. The van der Waals surface area contributed by atoms with Crippen molar-refractivity contribution in [2.45, 2.75) is 52.7 Å². The van der Waals surface area contributed by atoms with Gasteiger partial charge < -0.3 is 15.6 Å². The molecule has 0 aromatic carbocycles. The summed E-state index contributed by atoms with van der Waals surface area (Å²) in [7, 11) is 0. The summed E-state index contributed by atoms with van der Waals surface area (Å²) >= 11 is 0. The maximum absolute atomic E-state index is 11.6. The van der Waals surface area contributed by atoms with E-state index < -0.39 is 0 Å². The van der Waals surface area contributed by atoms with Crippen LogP contribution in [0.2, 0.25) is 0 Å². The maximum atomic E-state index is 11.6. The molecule has 1 atom stereocenters. The maximum Gasteiger partial charge on any atom is 0.221 e. The van der Waals surface area contributed by atoms with Gasteiger partial charge >= 0.3 is 0 Å². The van der Waals surface area contributed by atoms with Crippen LogP contribution in [-0.2, 0) is 11.3 Å². The Hall–Kier alpha value is -1.36. The fraction of sp³-hybridized carbons (Fsp3) is 0.692. The van der Waals surface area contributed by atoms with Gasteiger partial charge in [-0.25, -0.2) is 4.98 Å². The molecule has 0 aliphatic rings. The molecule has 5 nitrogen and oxygen atoms in total. The van der Waals surface area contributed by atoms with E-state index in [9.17, 15) is 4.79 Å². The van der Waals surface area contributed by atoms with Crippen molar-refractivity contribution >= 4 is 5.91 Å². The molecule has 1 aromatic heterocycles. The quantitative estimate of drug-likeness (QED) is 0.805. The number of rotatable bonds is 6. The standard InChI is InChI=1S/C13H24N4O/c1-9(2)13(14)11-7-15-8-17(11)6-5-12(18)16-10(3)4/h7-10,13H,5-6,14H2,1-4H3,(H,16,18). The third-order valence-corrected chi connectivity index (χ3v) is 2.83. The number of hydrogen-bond donors (Lipinski definition) is 2. The van der Waals surface area contributed by atoms with Gasteiger partial charge in [-0.15, -0.1) is 0 Å². The average Bonchev–Trinajstić information content (AvgIpc) is 2.72. The van der Waals surface area contributed by atoms with Gasteiger partial charge in [0.1, 0.15) is 0 Å². The first-order valence-electron chi connectivity index (χ1n) is 6.46. The van der Waals surface area contributed by atoms with Crippen LogP contribution in [0, 0.1) is 5.92 Å². The lowest BCUT2D eigenvalue weighted by Gasteiger charge is -2.18. The van der Waals surface area contributed by atoms with E-state index in [0.29, 0.717) is 18.9 Å². The third-order valence-electron chi connectivity index (χ3n) is 2.83. The molecule has 1 aromatic rings. The van der Waals surface area contributed by atoms with E-state index in [2.05, 4.69) is 24.1 Å². The number of amides is 1. The van der Waals surface area contributed by atoms with Gasteiger partial charge in [-0.3, -0.25) is 4.79 Å². The van der Waals surface area contributed by atoms with Crippen LogP contribution in [0.25, 0.3) is 0 Å². The SMILES string of the molecule is CC(C)NC(=O)CCn1cncc1C(N)C(C)C. The molecule has 0 saturated carbocycles. The van der Waals surface area contributed by atoms with Crippen LogP contribution in [0.4, 0.5) is 0 Å². The molecule has 0 bridgehead atoms. The highest BCUT2D eigenvalue weighted by Gasteiger charge is 2.15. The van der Waals surface area contributed by atoms with E-state index in [1.807, 2.05) is 18.4 Å². The highest BCUT2D eigenvalue weighted by Crippen LogP contribution is 2.18. The second-order valence-electron chi connectivity index (χ2n) is 5.25. The summed E-state index contributed by atoms with van der Waals surface area (Å²) in [6, 6.07) is 0.137. The molecule has 18 heavy (non-hydrogen) atoms. The van der Waals surface area contributed by atoms with Gasteiger partial charge in [-0.05, 0) is 19.8 Å². The monoisotopic (exact) mass is 252 g/mol. The zero-order valence-corrected chi connectivity index (χ0v) is 11.7. The first-order valence-corrected chi connectivity index (χ1v) is 6.46. The molecule has 0 spiro atoms. The van der Waals surface area contributed by atoms with E-state index >= 15 is 0 Å². The number of nitrogens with two attached hydrogens (primary N) is 1. The van der Waals surface area contributed by atoms with Gasteiger partial charge in [-0.1, -0.05) is 13.8 Å². The minimum Gasteiger partial charge on any atom is -0.354 e. The highest BCUT2D eigenvalue weighted by atomic mass is 16.1. The Kier molecular flexibility index (Phi) is 5.34. The summed E-state index contributed by atoms with van der Waals surface area (Å²) in [6.07, 6.45) is 3.97. The van der Waals surface area contributed by atoms with Crippen LogP contribution in [0.5, 0.6) is 0 Å². The van der Waals surface area contributed by atoms with E-state index in [1.165, 1.54) is 0 Å². The van der Waals surface area contributed by atoms with Crippen LogP contribution in [0.15, 0.2) is 12.5 Å². The number of carbonyl (C=O) groups excluding carboxylic acids is 1. The fourth-order valence-electron chi connectivity index (χ4n) is 1.75. The van der Waals surface area contributed by atoms with Crippen LogP contribution in [0.1, 0.15) is 45.9 Å². The van der Waals surface area contributed by atoms with Crippen molar-refractivity contribution in [1.29, 1.82) is 0 Å². The molecule has 102 valence electrons. The summed E-state index contributed by atoms with van der Waals surface area (Å²) in [4.78, 5) is 15.7. The van der Waals surface area contributed by atoms with Crippen molar-refractivity contribution in [3.63, 3.8) is 0 Å². The molecule has 0 fully saturated rings. The second kappa shape index (κ2) is 6.54. The Balaban J connectivity index is 2.58. The summed E-state index contributed by atoms with van der Waals surface area (Å²) in [5, 5.41) is 2.87. The summed E-state index contributed by atoms with van der Waals surface area (Å²) in [6.45, 7) is 8.68. The highest BCUT2D eigenvalue weighted by molar-refractivity contribution is 5.76. The lowest BCUT2D eigenvalue weighted by Crippen LogP contribution is -2.31. The van der Waals surface area contributed by atoms with Crippen molar-refractivity contribution in [2.75, 3.05) is 0 Å². The van der Waals surface area contributed by atoms with Gasteiger partial charge in [0.05, 0.1) is 12.0 Å². The van der Waals surface area contributed by atoms with Crippen LogP contribution >= 0.6 is 0 Å². The first-order chi connectivity index (χ1) is 8.41. The molecule has 3 N–H and O–H groups in total. The molecule has 1 rings (SSSR count). The molecule has 0 radical (unpaired) electrons. The second-order valence-corrected chi connectivity index (χ2v) is 5.25. The van der Waals surface area contributed by atoms with E-state index in [1.54, 1.807) is 12.5 Å². The summed E-state index contributed by atoms with van der Waals surface area (Å²) in [5.41, 5.74) is 7.10. The third kappa shape index (κ3) is 4.14. The minimum absolute atomic E-state index is 0.0411. The Morgan fingerprint density at radius 1 is 1.44 bits per heavy atom. The van der Waals surface area contributed by atoms with E-state index in [-0.39, 0.29) is 18.0 Å². The number of nitrogens with zero attached hydrogens (tertiary/aromatic N) is 2. The lowest BCUT2D eigenvalue weighted by molar-refractivity contribution is -0.121. The average molecular weight is 252 g/mol. The molecular formula is C13H24N4O. The molecular weight excluding hydrogens is 228 g/mol. The zero-order valence-electron chi connectivity index (χ0n) is 11.7. The van der Waals surface area contributed by atoms with Gasteiger partial charge in [0.15, 0.2) is 0 Å². The van der Waals surface area contributed by atoms with Gasteiger partial charge in [-0.2, -0.15) is 0 Å². The number of aryl methyl sites for hydroxylation is 1.